The molecule has 2 saturated carbocycles. The molecule has 120 valence electrons. The summed E-state index contributed by atoms with van der Waals surface area (Å²) in [6, 6.07) is 3.21. The fourth-order valence-corrected chi connectivity index (χ4v) is 2.94. The summed E-state index contributed by atoms with van der Waals surface area (Å²) in [4.78, 5) is 11.9. The molecule has 2 fully saturated rings. The van der Waals surface area contributed by atoms with Gasteiger partial charge in [-0.1, -0.05) is 21.9 Å². The van der Waals surface area contributed by atoms with Gasteiger partial charge in [0.2, 0.25) is 5.78 Å². The second kappa shape index (κ2) is 11.4. The summed E-state index contributed by atoms with van der Waals surface area (Å²) in [5, 5.41) is 9.79. The van der Waals surface area contributed by atoms with E-state index in [1.54, 1.807) is 12.1 Å². The maximum absolute atomic E-state index is 11.9. The first-order valence-corrected chi connectivity index (χ1v) is 8.29. The Morgan fingerprint density at radius 2 is 1.46 bits per heavy atom. The summed E-state index contributed by atoms with van der Waals surface area (Å²) in [5.41, 5.74) is 0.176. The van der Waals surface area contributed by atoms with Gasteiger partial charge in [-0.25, -0.2) is 0 Å². The van der Waals surface area contributed by atoms with Crippen LogP contribution in [0.5, 0.6) is 5.75 Å². The number of ketones is 1. The fourth-order valence-electron chi connectivity index (χ4n) is 1.71. The second-order valence-electron chi connectivity index (χ2n) is 4.50. The first-order valence-electron chi connectivity index (χ1n) is 6.70. The third kappa shape index (κ3) is 6.92. The minimum absolute atomic E-state index is 0. The molecule has 0 aromatic heterocycles. The van der Waals surface area contributed by atoms with Crippen molar-refractivity contribution in [3.63, 3.8) is 0 Å². The number of hydrogen-bond acceptors (Lipinski definition) is 2. The molecule has 5 heteroatoms. The third-order valence-electron chi connectivity index (χ3n) is 2.81. The molecule has 3 rings (SSSR count). The van der Waals surface area contributed by atoms with E-state index in [0.717, 1.165) is 5.92 Å². The zero-order chi connectivity index (χ0) is 16.7. The molecular formula is C19H12Br2FeO2+2. The van der Waals surface area contributed by atoms with E-state index in [1.165, 1.54) is 0 Å². The topological polar surface area (TPSA) is 37.3 Å². The summed E-state index contributed by atoms with van der Waals surface area (Å²) in [6.45, 7) is 0. The molecule has 0 unspecified atom stereocenters. The number of phenolic OH excluding ortho intramolecular Hbond substituents is 1. The molecule has 10 radical (unpaired) electrons. The van der Waals surface area contributed by atoms with Crippen molar-refractivity contribution in [1.29, 1.82) is 0 Å². The van der Waals surface area contributed by atoms with Gasteiger partial charge in [0.15, 0.2) is 0 Å². The Kier molecular flexibility index (Phi) is 10.3. The first-order chi connectivity index (χ1) is 11.1. The van der Waals surface area contributed by atoms with E-state index in [2.05, 4.69) is 43.7 Å². The average Bonchev–Trinajstić information content (AvgIpc) is 3.24. The van der Waals surface area contributed by atoms with Crippen LogP contribution in [0.25, 0.3) is 0 Å². The van der Waals surface area contributed by atoms with Gasteiger partial charge in [0, 0.05) is 4.47 Å². The number of rotatable bonds is 1. The molecule has 1 N–H and O–H groups in total. The number of phenols is 1. The summed E-state index contributed by atoms with van der Waals surface area (Å²) < 4.78 is 1.15. The monoisotopic (exact) mass is 486 g/mol. The second-order valence-corrected chi connectivity index (χ2v) is 6.27. The standard InChI is InChI=1S/C14H7Br2O2.C5H5.Fe/c15-10-7-11(14(18)12(16)8-10)13(17)6-5-9-3-1-2-4-9;1-2-4-5-3-1;/h1-4,7-8,18H;1-5H;/q;;+2. The summed E-state index contributed by atoms with van der Waals surface area (Å²) in [5.74, 6) is 5.51. The maximum atomic E-state index is 11.9. The van der Waals surface area contributed by atoms with Crippen LogP contribution >= 0.6 is 31.9 Å². The summed E-state index contributed by atoms with van der Waals surface area (Å²) in [7, 11) is 0. The van der Waals surface area contributed by atoms with Crippen LogP contribution < -0.4 is 0 Å². The van der Waals surface area contributed by atoms with Gasteiger partial charge in [0.05, 0.1) is 16.0 Å². The number of halogens is 2. The van der Waals surface area contributed by atoms with Crippen molar-refractivity contribution in [2.45, 2.75) is 0 Å². The predicted molar refractivity (Wildman–Crippen MR) is 97.6 cm³/mol. The van der Waals surface area contributed by atoms with Crippen molar-refractivity contribution in [3.05, 3.63) is 90.3 Å². The van der Waals surface area contributed by atoms with Gasteiger partial charge < -0.3 is 5.11 Å². The normalized spacial score (nSPS) is 16.4. The van der Waals surface area contributed by atoms with Crippen molar-refractivity contribution in [1.82, 2.24) is 0 Å². The number of Topliss-reactive ketones (excluding diaryl/α,β-unsaturated/α-hetero) is 1. The van der Waals surface area contributed by atoms with Gasteiger partial charge >= 0.3 is 17.1 Å². The molecule has 2 aliphatic rings. The largest absolute Gasteiger partial charge is 2.00 e. The zero-order valence-corrected chi connectivity index (χ0v) is 16.6. The number of benzene rings is 1. The molecule has 0 heterocycles. The van der Waals surface area contributed by atoms with E-state index in [0.29, 0.717) is 8.95 Å². The van der Waals surface area contributed by atoms with E-state index in [4.69, 9.17) is 0 Å². The number of carbonyl (C=O) groups excluding carboxylic acids is 1. The van der Waals surface area contributed by atoms with Crippen LogP contribution in [0.1, 0.15) is 10.4 Å². The zero-order valence-electron chi connectivity index (χ0n) is 12.3. The first kappa shape index (κ1) is 21.8. The smallest absolute Gasteiger partial charge is 0.506 e. The van der Waals surface area contributed by atoms with E-state index < -0.39 is 5.78 Å². The molecule has 0 atom stereocenters. The van der Waals surface area contributed by atoms with Crippen molar-refractivity contribution in [3.8, 4) is 17.6 Å². The Labute approximate surface area is 171 Å². The Morgan fingerprint density at radius 1 is 0.917 bits per heavy atom. The van der Waals surface area contributed by atoms with Gasteiger partial charge in [0.25, 0.3) is 0 Å². The molecule has 0 bridgehead atoms. The van der Waals surface area contributed by atoms with E-state index in [1.807, 2.05) is 57.8 Å². The molecule has 1 aromatic carbocycles. The molecule has 0 spiro atoms. The Hall–Kier alpha value is -0.271. The van der Waals surface area contributed by atoms with Gasteiger partial charge in [0.1, 0.15) is 5.75 Å². The molecule has 24 heavy (non-hydrogen) atoms. The van der Waals surface area contributed by atoms with Crippen molar-refractivity contribution in [2.24, 2.45) is 0 Å². The summed E-state index contributed by atoms with van der Waals surface area (Å²) >= 11 is 6.44. The fraction of sp³-hybridized carbons (Fsp3) is 0. The molecule has 1 aromatic rings. The van der Waals surface area contributed by atoms with Gasteiger partial charge in [-0.3, -0.25) is 4.79 Å². The van der Waals surface area contributed by atoms with Crippen LogP contribution in [0.4, 0.5) is 0 Å². The van der Waals surface area contributed by atoms with Crippen LogP contribution in [-0.2, 0) is 17.1 Å². The SMILES string of the molecule is O=C(C#C[C]1[CH][CH][CH][CH]1)c1cc(Br)cc(Br)c1O.[CH]1[CH][CH][CH][CH]1.[Fe+2]. The Balaban J connectivity index is 0.000000412. The third-order valence-corrected chi connectivity index (χ3v) is 3.87. The molecule has 2 aliphatic carbocycles. The molecular weight excluding hydrogens is 476 g/mol. The minimum Gasteiger partial charge on any atom is -0.506 e. The number of hydrogen-bond donors (Lipinski definition) is 1. The molecule has 0 saturated heterocycles. The van der Waals surface area contributed by atoms with Crippen molar-refractivity contribution in [2.75, 3.05) is 0 Å². The average molecular weight is 488 g/mol. The van der Waals surface area contributed by atoms with Crippen LogP contribution in [0, 0.1) is 75.5 Å². The van der Waals surface area contributed by atoms with Crippen molar-refractivity contribution >= 4 is 37.6 Å². The van der Waals surface area contributed by atoms with Crippen LogP contribution in [0.3, 0.4) is 0 Å². The van der Waals surface area contributed by atoms with Gasteiger partial charge in [-0.05, 0) is 91.8 Å². The van der Waals surface area contributed by atoms with E-state index in [9.17, 15) is 9.90 Å². The summed E-state index contributed by atoms with van der Waals surface area (Å²) in [6.07, 6.45) is 17.3. The van der Waals surface area contributed by atoms with Crippen LogP contribution in [0.2, 0.25) is 0 Å². The number of carbonyl (C=O) groups is 1. The molecule has 0 amide bonds. The minimum atomic E-state index is -0.421. The molecule has 2 nitrogen and oxygen atoms in total. The number of aromatic hydroxyl groups is 1. The van der Waals surface area contributed by atoms with E-state index >= 15 is 0 Å². The maximum Gasteiger partial charge on any atom is 2.00 e. The van der Waals surface area contributed by atoms with Crippen LogP contribution in [-0.4, -0.2) is 10.9 Å². The van der Waals surface area contributed by atoms with Gasteiger partial charge in [-0.2, -0.15) is 0 Å². The Morgan fingerprint density at radius 3 is 2.00 bits per heavy atom. The van der Waals surface area contributed by atoms with Crippen molar-refractivity contribution < 1.29 is 27.0 Å². The van der Waals surface area contributed by atoms with Crippen LogP contribution in [0.15, 0.2) is 21.1 Å². The predicted octanol–water partition coefficient (Wildman–Crippen LogP) is 4.53. The quantitative estimate of drug-likeness (QED) is 0.273. The van der Waals surface area contributed by atoms with Gasteiger partial charge in [-0.15, -0.1) is 0 Å². The van der Waals surface area contributed by atoms with E-state index in [-0.39, 0.29) is 28.4 Å². The molecule has 0 aliphatic heterocycles. The Bertz CT molecular complexity index is 602.